The van der Waals surface area contributed by atoms with Crippen molar-refractivity contribution in [1.82, 2.24) is 5.32 Å². The van der Waals surface area contributed by atoms with E-state index in [-0.39, 0.29) is 11.9 Å². The quantitative estimate of drug-likeness (QED) is 0.835. The molecule has 6 heteroatoms. The minimum absolute atomic E-state index is 0.0394. The highest BCUT2D eigenvalue weighted by Gasteiger charge is 2.20. The molecule has 0 radical (unpaired) electrons. The zero-order valence-electron chi connectivity index (χ0n) is 10.9. The molecule has 1 aromatic carbocycles. The summed E-state index contributed by atoms with van der Waals surface area (Å²) in [7, 11) is -0.698. The summed E-state index contributed by atoms with van der Waals surface area (Å²) in [4.78, 5) is 12.9. The van der Waals surface area contributed by atoms with Crippen LogP contribution in [0.2, 0.25) is 0 Å². The van der Waals surface area contributed by atoms with Crippen molar-refractivity contribution in [2.24, 2.45) is 0 Å². The molecule has 1 aliphatic heterocycles. The maximum absolute atomic E-state index is 12.2. The van der Waals surface area contributed by atoms with Crippen molar-refractivity contribution < 1.29 is 9.00 Å². The first-order valence-electron chi connectivity index (χ1n) is 6.57. The van der Waals surface area contributed by atoms with E-state index in [4.69, 9.17) is 5.73 Å². The highest BCUT2D eigenvalue weighted by molar-refractivity contribution is 7.85. The van der Waals surface area contributed by atoms with Gasteiger partial charge in [0.15, 0.2) is 0 Å². The molecular formula is C14H16N2O2S2. The van der Waals surface area contributed by atoms with Crippen molar-refractivity contribution in [3.63, 3.8) is 0 Å². The molecule has 2 heterocycles. The van der Waals surface area contributed by atoms with Crippen LogP contribution in [0.4, 0.5) is 5.69 Å². The highest BCUT2D eigenvalue weighted by Crippen LogP contribution is 2.27. The molecule has 0 aliphatic carbocycles. The van der Waals surface area contributed by atoms with Crippen LogP contribution in [0.3, 0.4) is 0 Å². The first kappa shape index (κ1) is 13.6. The molecule has 0 spiro atoms. The molecule has 0 bridgehead atoms. The first-order valence-corrected chi connectivity index (χ1v) is 8.87. The average molecular weight is 308 g/mol. The molecular weight excluding hydrogens is 292 g/mol. The van der Waals surface area contributed by atoms with Gasteiger partial charge in [-0.3, -0.25) is 9.00 Å². The molecule has 20 heavy (non-hydrogen) atoms. The number of hydrogen-bond acceptors (Lipinski definition) is 4. The molecule has 3 rings (SSSR count). The van der Waals surface area contributed by atoms with Gasteiger partial charge in [-0.25, -0.2) is 0 Å². The second kappa shape index (κ2) is 5.54. The third-order valence-corrected chi connectivity index (χ3v) is 5.98. The number of nitrogens with two attached hydrogens (primary N) is 1. The third kappa shape index (κ3) is 2.86. The molecule has 106 valence electrons. The molecule has 1 saturated heterocycles. The van der Waals surface area contributed by atoms with Gasteiger partial charge in [0.1, 0.15) is 0 Å². The Kier molecular flexibility index (Phi) is 3.76. The van der Waals surface area contributed by atoms with Gasteiger partial charge in [0.2, 0.25) is 0 Å². The number of hydrogen-bond donors (Lipinski definition) is 2. The fourth-order valence-corrected chi connectivity index (χ4v) is 4.61. The van der Waals surface area contributed by atoms with Gasteiger partial charge in [0.25, 0.3) is 5.91 Å². The monoisotopic (exact) mass is 308 g/mol. The number of nitrogens with one attached hydrogen (secondary N) is 1. The van der Waals surface area contributed by atoms with Crippen molar-refractivity contribution in [1.29, 1.82) is 0 Å². The van der Waals surface area contributed by atoms with Gasteiger partial charge in [-0.2, -0.15) is 0 Å². The first-order chi connectivity index (χ1) is 9.61. The Hall–Kier alpha value is -1.40. The van der Waals surface area contributed by atoms with E-state index in [9.17, 15) is 9.00 Å². The van der Waals surface area contributed by atoms with Crippen molar-refractivity contribution >= 4 is 43.8 Å². The van der Waals surface area contributed by atoms with Crippen LogP contribution in [0, 0.1) is 0 Å². The van der Waals surface area contributed by atoms with Crippen LogP contribution in [-0.4, -0.2) is 27.7 Å². The Morgan fingerprint density at radius 3 is 2.80 bits per heavy atom. The Morgan fingerprint density at radius 2 is 2.05 bits per heavy atom. The van der Waals surface area contributed by atoms with Gasteiger partial charge < -0.3 is 11.1 Å². The Morgan fingerprint density at radius 1 is 1.30 bits per heavy atom. The number of amides is 1. The van der Waals surface area contributed by atoms with Gasteiger partial charge in [-0.05, 0) is 42.5 Å². The van der Waals surface area contributed by atoms with E-state index >= 15 is 0 Å². The molecule has 1 fully saturated rings. The van der Waals surface area contributed by atoms with Gasteiger partial charge in [-0.1, -0.05) is 0 Å². The van der Waals surface area contributed by atoms with E-state index in [2.05, 4.69) is 5.32 Å². The topological polar surface area (TPSA) is 72.2 Å². The van der Waals surface area contributed by atoms with Crippen LogP contribution >= 0.6 is 11.3 Å². The fourth-order valence-electron chi connectivity index (χ4n) is 2.37. The van der Waals surface area contributed by atoms with Gasteiger partial charge in [0, 0.05) is 38.7 Å². The Balaban J connectivity index is 1.73. The van der Waals surface area contributed by atoms with E-state index in [1.54, 1.807) is 0 Å². The highest BCUT2D eigenvalue weighted by atomic mass is 32.2. The zero-order chi connectivity index (χ0) is 14.1. The van der Waals surface area contributed by atoms with Gasteiger partial charge in [0.05, 0.1) is 4.88 Å². The SMILES string of the molecule is Nc1ccc2sc(C(=O)NC3CCS(=O)CC3)cc2c1. The normalized spacial score (nSPS) is 22.8. The maximum atomic E-state index is 12.2. The Labute approximate surface area is 123 Å². The zero-order valence-corrected chi connectivity index (χ0v) is 12.6. The molecule has 4 nitrogen and oxygen atoms in total. The van der Waals surface area contributed by atoms with E-state index < -0.39 is 10.8 Å². The lowest BCUT2D eigenvalue weighted by Crippen LogP contribution is -2.39. The summed E-state index contributed by atoms with van der Waals surface area (Å²) in [6.45, 7) is 0. The lowest BCUT2D eigenvalue weighted by Gasteiger charge is -2.22. The summed E-state index contributed by atoms with van der Waals surface area (Å²) in [6.07, 6.45) is 1.60. The average Bonchev–Trinajstić information content (AvgIpc) is 2.84. The summed E-state index contributed by atoms with van der Waals surface area (Å²) < 4.78 is 12.4. The second-order valence-electron chi connectivity index (χ2n) is 5.00. The van der Waals surface area contributed by atoms with Crippen molar-refractivity contribution in [2.45, 2.75) is 18.9 Å². The summed E-state index contributed by atoms with van der Waals surface area (Å²) in [6, 6.07) is 7.70. The maximum Gasteiger partial charge on any atom is 0.261 e. The number of rotatable bonds is 2. The fraction of sp³-hybridized carbons (Fsp3) is 0.357. The summed E-state index contributed by atoms with van der Waals surface area (Å²) >= 11 is 1.48. The Bertz CT molecular complexity index is 671. The number of fused-ring (bicyclic) bond motifs is 1. The number of thiophene rings is 1. The van der Waals surface area contributed by atoms with E-state index in [0.29, 0.717) is 22.1 Å². The minimum Gasteiger partial charge on any atom is -0.399 e. The summed E-state index contributed by atoms with van der Waals surface area (Å²) in [5, 5.41) is 4.04. The predicted molar refractivity (Wildman–Crippen MR) is 84.6 cm³/mol. The molecule has 3 N–H and O–H groups in total. The van der Waals surface area contributed by atoms with E-state index in [1.165, 1.54) is 11.3 Å². The molecule has 2 aromatic rings. The number of carbonyl (C=O) groups is 1. The smallest absolute Gasteiger partial charge is 0.261 e. The summed E-state index contributed by atoms with van der Waals surface area (Å²) in [5.41, 5.74) is 6.45. The van der Waals surface area contributed by atoms with Crippen molar-refractivity contribution in [3.05, 3.63) is 29.1 Å². The predicted octanol–water partition coefficient (Wildman–Crippen LogP) is 2.12. The number of benzene rings is 1. The molecule has 1 amide bonds. The van der Waals surface area contributed by atoms with Crippen LogP contribution in [0.1, 0.15) is 22.5 Å². The minimum atomic E-state index is -0.698. The lowest BCUT2D eigenvalue weighted by atomic mass is 10.1. The van der Waals surface area contributed by atoms with Crippen molar-refractivity contribution in [3.8, 4) is 0 Å². The number of anilines is 1. The van der Waals surface area contributed by atoms with Gasteiger partial charge >= 0.3 is 0 Å². The summed E-state index contributed by atoms with van der Waals surface area (Å²) in [5.74, 6) is 1.34. The lowest BCUT2D eigenvalue weighted by molar-refractivity contribution is 0.0939. The van der Waals surface area contributed by atoms with Crippen molar-refractivity contribution in [2.75, 3.05) is 17.2 Å². The largest absolute Gasteiger partial charge is 0.399 e. The number of nitrogen functional groups attached to an aromatic ring is 1. The van der Waals surface area contributed by atoms with Crippen LogP contribution in [0.5, 0.6) is 0 Å². The van der Waals surface area contributed by atoms with Crippen LogP contribution in [0.25, 0.3) is 10.1 Å². The molecule has 0 unspecified atom stereocenters. The van der Waals surface area contributed by atoms with Crippen LogP contribution < -0.4 is 11.1 Å². The van der Waals surface area contributed by atoms with E-state index in [0.717, 1.165) is 22.9 Å². The molecule has 1 aliphatic rings. The van der Waals surface area contributed by atoms with Gasteiger partial charge in [-0.15, -0.1) is 11.3 Å². The standard InChI is InChI=1S/C14H16N2O2S2/c15-10-1-2-12-9(7-10)8-13(19-12)14(17)16-11-3-5-20(18)6-4-11/h1-2,7-8,11H,3-6,15H2,(H,16,17). The third-order valence-electron chi connectivity index (χ3n) is 3.49. The van der Waals surface area contributed by atoms with Crippen LogP contribution in [-0.2, 0) is 10.8 Å². The molecule has 1 aromatic heterocycles. The van der Waals surface area contributed by atoms with E-state index in [1.807, 2.05) is 24.3 Å². The number of carbonyl (C=O) groups excluding carboxylic acids is 1. The van der Waals surface area contributed by atoms with Crippen LogP contribution in [0.15, 0.2) is 24.3 Å². The molecule has 0 saturated carbocycles. The molecule has 0 atom stereocenters. The second-order valence-corrected chi connectivity index (χ2v) is 7.78.